The third kappa shape index (κ3) is 3.75. The fourth-order valence-corrected chi connectivity index (χ4v) is 3.14. The lowest BCUT2D eigenvalue weighted by Gasteiger charge is -2.44. The predicted molar refractivity (Wildman–Crippen MR) is 83.5 cm³/mol. The minimum atomic E-state index is -0.485. The molecule has 0 aliphatic carbocycles. The van der Waals surface area contributed by atoms with E-state index in [-0.39, 0.29) is 18.2 Å². The number of nitrogen functional groups attached to an aromatic ring is 1. The van der Waals surface area contributed by atoms with Crippen LogP contribution in [0.3, 0.4) is 0 Å². The molecule has 2 atom stereocenters. The molecule has 2 heterocycles. The molecule has 0 bridgehead atoms. The molecule has 7 nitrogen and oxygen atoms in total. The highest BCUT2D eigenvalue weighted by Crippen LogP contribution is 2.27. The van der Waals surface area contributed by atoms with Crippen LogP contribution < -0.4 is 10.6 Å². The van der Waals surface area contributed by atoms with Crippen LogP contribution in [0.1, 0.15) is 34.6 Å². The number of aromatic nitrogens is 2. The molecule has 1 aliphatic heterocycles. The molecule has 1 amide bonds. The monoisotopic (exact) mass is 313 g/mol. The Morgan fingerprint density at radius 3 is 2.29 bits per heavy atom. The summed E-state index contributed by atoms with van der Waals surface area (Å²) in [6.45, 7) is 11.0. The lowest BCUT2D eigenvalue weighted by Crippen LogP contribution is -2.59. The molecule has 1 aromatic rings. The van der Waals surface area contributed by atoms with Gasteiger partial charge in [0.1, 0.15) is 5.60 Å². The average molecular weight is 313 g/mol. The van der Waals surface area contributed by atoms with Gasteiger partial charge in [0.2, 0.25) is 10.3 Å². The number of hydrogen-bond donors (Lipinski definition) is 1. The molecule has 21 heavy (non-hydrogen) atoms. The predicted octanol–water partition coefficient (Wildman–Crippen LogP) is 1.95. The lowest BCUT2D eigenvalue weighted by molar-refractivity contribution is 0.00565. The Morgan fingerprint density at radius 2 is 1.86 bits per heavy atom. The first-order valence-electron chi connectivity index (χ1n) is 7.02. The van der Waals surface area contributed by atoms with Gasteiger partial charge in [0.15, 0.2) is 0 Å². The van der Waals surface area contributed by atoms with Crippen LogP contribution in [-0.2, 0) is 4.74 Å². The minimum absolute atomic E-state index is 0.0359. The number of nitrogens with zero attached hydrogens (tertiary/aromatic N) is 4. The van der Waals surface area contributed by atoms with Gasteiger partial charge in [-0.3, -0.25) is 4.90 Å². The van der Waals surface area contributed by atoms with Gasteiger partial charge in [0, 0.05) is 13.1 Å². The highest BCUT2D eigenvalue weighted by Gasteiger charge is 2.36. The number of nitrogens with two attached hydrogens (primary N) is 1. The second kappa shape index (κ2) is 5.67. The summed E-state index contributed by atoms with van der Waals surface area (Å²) in [5.41, 5.74) is 5.15. The van der Waals surface area contributed by atoms with E-state index in [1.165, 1.54) is 11.3 Å². The Balaban J connectivity index is 2.07. The zero-order valence-corrected chi connectivity index (χ0v) is 14.0. The van der Waals surface area contributed by atoms with E-state index in [9.17, 15) is 4.79 Å². The fraction of sp³-hybridized carbons (Fsp3) is 0.769. The number of anilines is 2. The fourth-order valence-electron chi connectivity index (χ4n) is 2.51. The van der Waals surface area contributed by atoms with Crippen molar-refractivity contribution in [3.05, 3.63) is 0 Å². The van der Waals surface area contributed by atoms with Crippen molar-refractivity contribution >= 4 is 27.7 Å². The lowest BCUT2D eigenvalue weighted by atomic mass is 10.1. The summed E-state index contributed by atoms with van der Waals surface area (Å²) < 4.78 is 5.49. The highest BCUT2D eigenvalue weighted by molar-refractivity contribution is 7.18. The Morgan fingerprint density at radius 1 is 1.29 bits per heavy atom. The molecule has 0 radical (unpaired) electrons. The van der Waals surface area contributed by atoms with E-state index in [0.717, 1.165) is 5.13 Å². The molecule has 2 unspecified atom stereocenters. The van der Waals surface area contributed by atoms with Crippen LogP contribution in [-0.4, -0.2) is 52.0 Å². The van der Waals surface area contributed by atoms with E-state index < -0.39 is 5.60 Å². The Labute approximate surface area is 129 Å². The first-order chi connectivity index (χ1) is 9.67. The van der Waals surface area contributed by atoms with Gasteiger partial charge in [-0.25, -0.2) is 4.79 Å². The number of hydrogen-bond acceptors (Lipinski definition) is 7. The molecule has 1 fully saturated rings. The third-order valence-corrected chi connectivity index (χ3v) is 4.04. The maximum atomic E-state index is 12.3. The topological polar surface area (TPSA) is 84.6 Å². The van der Waals surface area contributed by atoms with E-state index in [1.807, 2.05) is 34.6 Å². The summed E-state index contributed by atoms with van der Waals surface area (Å²) in [5, 5.41) is 9.18. The smallest absolute Gasteiger partial charge is 0.410 e. The Hall–Kier alpha value is -1.57. The van der Waals surface area contributed by atoms with Crippen molar-refractivity contribution in [1.29, 1.82) is 0 Å². The minimum Gasteiger partial charge on any atom is -0.444 e. The number of piperazine rings is 1. The van der Waals surface area contributed by atoms with Crippen molar-refractivity contribution in [1.82, 2.24) is 15.1 Å². The van der Waals surface area contributed by atoms with E-state index in [0.29, 0.717) is 18.2 Å². The summed E-state index contributed by atoms with van der Waals surface area (Å²) in [5.74, 6) is 0. The summed E-state index contributed by atoms with van der Waals surface area (Å²) in [4.78, 5) is 16.2. The van der Waals surface area contributed by atoms with Gasteiger partial charge < -0.3 is 15.4 Å². The maximum Gasteiger partial charge on any atom is 0.410 e. The summed E-state index contributed by atoms with van der Waals surface area (Å²) in [6, 6.07) is 0.0717. The third-order valence-electron chi connectivity index (χ3n) is 3.22. The zero-order chi connectivity index (χ0) is 15.8. The summed E-state index contributed by atoms with van der Waals surface area (Å²) >= 11 is 1.36. The van der Waals surface area contributed by atoms with Gasteiger partial charge in [-0.1, -0.05) is 11.3 Å². The Bertz CT molecular complexity index is 501. The molecule has 0 spiro atoms. The molecule has 118 valence electrons. The number of amides is 1. The van der Waals surface area contributed by atoms with Crippen LogP contribution in [0.4, 0.5) is 15.1 Å². The van der Waals surface area contributed by atoms with Gasteiger partial charge >= 0.3 is 6.09 Å². The van der Waals surface area contributed by atoms with Gasteiger partial charge in [-0.2, -0.15) is 0 Å². The molecule has 1 saturated heterocycles. The SMILES string of the molecule is CC1CN(c2nnc(N)s2)CC(C)N1C(=O)OC(C)(C)C. The summed E-state index contributed by atoms with van der Waals surface area (Å²) in [6.07, 6.45) is -0.265. The molecular formula is C13H23N5O2S. The van der Waals surface area contributed by atoms with E-state index >= 15 is 0 Å². The van der Waals surface area contributed by atoms with E-state index in [1.54, 1.807) is 4.90 Å². The molecule has 0 aromatic carbocycles. The zero-order valence-electron chi connectivity index (χ0n) is 13.2. The largest absolute Gasteiger partial charge is 0.444 e. The molecular weight excluding hydrogens is 290 g/mol. The quantitative estimate of drug-likeness (QED) is 0.853. The van der Waals surface area contributed by atoms with Crippen molar-refractivity contribution in [2.45, 2.75) is 52.3 Å². The standard InChI is InChI=1S/C13H23N5O2S/c1-8-6-17(11-16-15-10(14)21-11)7-9(2)18(8)12(19)20-13(3,4)5/h8-9H,6-7H2,1-5H3,(H2,14,15). The van der Waals surface area contributed by atoms with Gasteiger partial charge in [-0.05, 0) is 34.6 Å². The van der Waals surface area contributed by atoms with Crippen LogP contribution in [0.2, 0.25) is 0 Å². The second-order valence-corrected chi connectivity index (χ2v) is 7.40. The maximum absolute atomic E-state index is 12.3. The van der Waals surface area contributed by atoms with Crippen LogP contribution >= 0.6 is 11.3 Å². The second-order valence-electron chi connectivity index (χ2n) is 6.41. The van der Waals surface area contributed by atoms with Crippen molar-refractivity contribution in [3.8, 4) is 0 Å². The molecule has 2 rings (SSSR count). The van der Waals surface area contributed by atoms with Crippen LogP contribution in [0.5, 0.6) is 0 Å². The van der Waals surface area contributed by atoms with Crippen molar-refractivity contribution in [2.75, 3.05) is 23.7 Å². The number of carbonyl (C=O) groups excluding carboxylic acids is 1. The number of carbonyl (C=O) groups is 1. The highest BCUT2D eigenvalue weighted by atomic mass is 32.1. The first-order valence-corrected chi connectivity index (χ1v) is 7.84. The van der Waals surface area contributed by atoms with Crippen molar-refractivity contribution in [2.24, 2.45) is 0 Å². The normalized spacial score (nSPS) is 23.3. The van der Waals surface area contributed by atoms with Crippen molar-refractivity contribution in [3.63, 3.8) is 0 Å². The molecule has 0 saturated carbocycles. The van der Waals surface area contributed by atoms with E-state index in [4.69, 9.17) is 10.5 Å². The number of ether oxygens (including phenoxy) is 1. The molecule has 2 N–H and O–H groups in total. The van der Waals surface area contributed by atoms with E-state index in [2.05, 4.69) is 15.1 Å². The first kappa shape index (κ1) is 15.8. The summed E-state index contributed by atoms with van der Waals surface area (Å²) in [7, 11) is 0. The van der Waals surface area contributed by atoms with Gasteiger partial charge in [0.25, 0.3) is 0 Å². The molecule has 8 heteroatoms. The average Bonchev–Trinajstić information content (AvgIpc) is 2.72. The van der Waals surface area contributed by atoms with Crippen LogP contribution in [0.25, 0.3) is 0 Å². The van der Waals surface area contributed by atoms with Crippen LogP contribution in [0.15, 0.2) is 0 Å². The van der Waals surface area contributed by atoms with Crippen molar-refractivity contribution < 1.29 is 9.53 Å². The number of rotatable bonds is 1. The van der Waals surface area contributed by atoms with Crippen LogP contribution in [0, 0.1) is 0 Å². The van der Waals surface area contributed by atoms with Gasteiger partial charge in [-0.15, -0.1) is 10.2 Å². The van der Waals surface area contributed by atoms with Gasteiger partial charge in [0.05, 0.1) is 12.1 Å². The molecule has 1 aromatic heterocycles. The Kier molecular flexibility index (Phi) is 4.27. The molecule has 1 aliphatic rings.